The lowest BCUT2D eigenvalue weighted by Gasteiger charge is -2.06. The summed E-state index contributed by atoms with van der Waals surface area (Å²) in [5.41, 5.74) is 1.15. The van der Waals surface area contributed by atoms with Gasteiger partial charge in [-0.1, -0.05) is 25.7 Å². The Bertz CT molecular complexity index is 426. The van der Waals surface area contributed by atoms with E-state index in [1.54, 1.807) is 18.4 Å². The zero-order chi connectivity index (χ0) is 12.8. The van der Waals surface area contributed by atoms with Crippen LogP contribution in [0.4, 0.5) is 0 Å². The average Bonchev–Trinajstić information content (AvgIpc) is 2.72. The van der Waals surface area contributed by atoms with E-state index in [1.807, 2.05) is 19.1 Å². The van der Waals surface area contributed by atoms with Crippen LogP contribution >= 0.6 is 11.3 Å². The average molecular weight is 248 g/mol. The fourth-order valence-corrected chi connectivity index (χ4v) is 2.64. The predicted molar refractivity (Wildman–Crippen MR) is 78.6 cm³/mol. The molecule has 2 heteroatoms. The maximum absolute atomic E-state index is 5.36. The van der Waals surface area contributed by atoms with Crippen LogP contribution in [0, 0.1) is 5.92 Å². The molecule has 0 radical (unpaired) electrons. The van der Waals surface area contributed by atoms with Gasteiger partial charge >= 0.3 is 0 Å². The standard InChI is InChI=1S/C15H20OS/c1-6-8-14-13(16-5)10-15(17-14)12(4)9-11(3)7-2/h6-8,10-11H,2,4,9H2,1,3,5H3/b8-6+/t11-/m0/s1. The molecular formula is C15H20OS. The third-order valence-electron chi connectivity index (χ3n) is 2.58. The van der Waals surface area contributed by atoms with Gasteiger partial charge in [0.1, 0.15) is 5.75 Å². The van der Waals surface area contributed by atoms with Gasteiger partial charge < -0.3 is 4.74 Å². The van der Waals surface area contributed by atoms with Crippen LogP contribution in [-0.2, 0) is 0 Å². The van der Waals surface area contributed by atoms with Crippen LogP contribution in [0.2, 0.25) is 0 Å². The molecule has 0 aromatic carbocycles. The predicted octanol–water partition coefficient (Wildman–Crippen LogP) is 5.02. The lowest BCUT2D eigenvalue weighted by molar-refractivity contribution is 0.416. The highest BCUT2D eigenvalue weighted by molar-refractivity contribution is 7.14. The summed E-state index contributed by atoms with van der Waals surface area (Å²) in [4.78, 5) is 2.35. The van der Waals surface area contributed by atoms with E-state index >= 15 is 0 Å². The van der Waals surface area contributed by atoms with Crippen molar-refractivity contribution in [1.29, 1.82) is 0 Å². The number of ether oxygens (including phenoxy) is 1. The number of allylic oxidation sites excluding steroid dienone is 3. The molecule has 0 spiro atoms. The Balaban J connectivity index is 2.91. The van der Waals surface area contributed by atoms with Gasteiger partial charge in [0.2, 0.25) is 0 Å². The smallest absolute Gasteiger partial charge is 0.137 e. The molecule has 0 amide bonds. The van der Waals surface area contributed by atoms with Gasteiger partial charge in [0.15, 0.2) is 0 Å². The van der Waals surface area contributed by atoms with Crippen LogP contribution < -0.4 is 4.74 Å². The van der Waals surface area contributed by atoms with Gasteiger partial charge in [-0.15, -0.1) is 17.9 Å². The second kappa shape index (κ2) is 6.45. The highest BCUT2D eigenvalue weighted by atomic mass is 32.1. The molecule has 1 rings (SSSR count). The minimum atomic E-state index is 0.459. The first-order valence-electron chi connectivity index (χ1n) is 5.73. The van der Waals surface area contributed by atoms with Crippen molar-refractivity contribution in [2.24, 2.45) is 5.92 Å². The molecule has 0 saturated heterocycles. The summed E-state index contributed by atoms with van der Waals surface area (Å²) in [5, 5.41) is 0. The zero-order valence-electron chi connectivity index (χ0n) is 10.8. The monoisotopic (exact) mass is 248 g/mol. The Morgan fingerprint density at radius 2 is 2.29 bits per heavy atom. The molecule has 0 N–H and O–H groups in total. The van der Waals surface area contributed by atoms with Gasteiger partial charge in [0.05, 0.1) is 12.0 Å². The summed E-state index contributed by atoms with van der Waals surface area (Å²) in [6, 6.07) is 2.07. The number of methoxy groups -OCH3 is 1. The second-order valence-corrected chi connectivity index (χ2v) is 5.15. The van der Waals surface area contributed by atoms with Crippen molar-refractivity contribution in [1.82, 2.24) is 0 Å². The van der Waals surface area contributed by atoms with E-state index < -0.39 is 0 Å². The van der Waals surface area contributed by atoms with Gasteiger partial charge in [0.25, 0.3) is 0 Å². The topological polar surface area (TPSA) is 9.23 Å². The van der Waals surface area contributed by atoms with Gasteiger partial charge in [-0.3, -0.25) is 0 Å². The summed E-state index contributed by atoms with van der Waals surface area (Å²) < 4.78 is 5.36. The quantitative estimate of drug-likeness (QED) is 0.643. The van der Waals surface area contributed by atoms with Crippen LogP contribution in [0.3, 0.4) is 0 Å². The molecule has 92 valence electrons. The molecule has 1 aromatic heterocycles. The minimum absolute atomic E-state index is 0.459. The lowest BCUT2D eigenvalue weighted by Crippen LogP contribution is -1.89. The van der Waals surface area contributed by atoms with Crippen molar-refractivity contribution in [2.75, 3.05) is 7.11 Å². The number of hydrogen-bond donors (Lipinski definition) is 0. The van der Waals surface area contributed by atoms with Crippen molar-refractivity contribution >= 4 is 23.0 Å². The number of hydrogen-bond acceptors (Lipinski definition) is 2. The van der Waals surface area contributed by atoms with Crippen molar-refractivity contribution in [2.45, 2.75) is 20.3 Å². The summed E-state index contributed by atoms with van der Waals surface area (Å²) >= 11 is 1.72. The van der Waals surface area contributed by atoms with E-state index in [2.05, 4.69) is 32.2 Å². The molecule has 1 heterocycles. The molecule has 0 fully saturated rings. The summed E-state index contributed by atoms with van der Waals surface area (Å²) in [6.45, 7) is 12.1. The van der Waals surface area contributed by atoms with Gasteiger partial charge in [0, 0.05) is 4.88 Å². The lowest BCUT2D eigenvalue weighted by atomic mass is 10.0. The summed E-state index contributed by atoms with van der Waals surface area (Å²) in [5.74, 6) is 1.39. The normalized spacial score (nSPS) is 12.6. The molecular weight excluding hydrogens is 228 g/mol. The van der Waals surface area contributed by atoms with Crippen molar-refractivity contribution < 1.29 is 4.74 Å². The minimum Gasteiger partial charge on any atom is -0.495 e. The van der Waals surface area contributed by atoms with E-state index in [9.17, 15) is 0 Å². The SMILES string of the molecule is C=C[C@H](C)CC(=C)c1cc(OC)c(/C=C/C)s1. The molecule has 0 aliphatic rings. The van der Waals surface area contributed by atoms with E-state index in [4.69, 9.17) is 4.74 Å². The molecule has 1 atom stereocenters. The molecule has 17 heavy (non-hydrogen) atoms. The van der Waals surface area contributed by atoms with Crippen molar-refractivity contribution in [3.05, 3.63) is 41.1 Å². The largest absolute Gasteiger partial charge is 0.495 e. The van der Waals surface area contributed by atoms with E-state index in [0.717, 1.165) is 22.6 Å². The Hall–Kier alpha value is -1.28. The van der Waals surface area contributed by atoms with Crippen LogP contribution in [0.15, 0.2) is 31.4 Å². The number of thiophene rings is 1. The van der Waals surface area contributed by atoms with Crippen LogP contribution in [0.25, 0.3) is 11.6 Å². The molecule has 1 nitrogen and oxygen atoms in total. The first kappa shape index (κ1) is 13.8. The highest BCUT2D eigenvalue weighted by Crippen LogP contribution is 2.36. The molecule has 0 aliphatic heterocycles. The summed E-state index contributed by atoms with van der Waals surface area (Å²) in [6.07, 6.45) is 7.00. The van der Waals surface area contributed by atoms with Crippen LogP contribution in [0.5, 0.6) is 5.75 Å². The van der Waals surface area contributed by atoms with E-state index in [0.29, 0.717) is 5.92 Å². The Morgan fingerprint density at radius 1 is 1.59 bits per heavy atom. The van der Waals surface area contributed by atoms with E-state index in [1.165, 1.54) is 4.88 Å². The van der Waals surface area contributed by atoms with Gasteiger partial charge in [-0.2, -0.15) is 0 Å². The van der Waals surface area contributed by atoms with Gasteiger partial charge in [-0.05, 0) is 37.0 Å². The fraction of sp³-hybridized carbons (Fsp3) is 0.333. The maximum Gasteiger partial charge on any atom is 0.137 e. The van der Waals surface area contributed by atoms with Crippen molar-refractivity contribution in [3.8, 4) is 5.75 Å². The summed E-state index contributed by atoms with van der Waals surface area (Å²) in [7, 11) is 1.70. The first-order chi connectivity index (χ1) is 8.12. The highest BCUT2D eigenvalue weighted by Gasteiger charge is 2.10. The van der Waals surface area contributed by atoms with Crippen LogP contribution in [0.1, 0.15) is 30.0 Å². The Labute approximate surface area is 108 Å². The Kier molecular flexibility index (Phi) is 5.23. The van der Waals surface area contributed by atoms with Crippen molar-refractivity contribution in [3.63, 3.8) is 0 Å². The molecule has 0 aliphatic carbocycles. The molecule has 0 saturated carbocycles. The molecule has 1 aromatic rings. The zero-order valence-corrected chi connectivity index (χ0v) is 11.6. The van der Waals surface area contributed by atoms with E-state index in [-0.39, 0.29) is 0 Å². The van der Waals surface area contributed by atoms with Gasteiger partial charge in [-0.25, -0.2) is 0 Å². The molecule has 0 unspecified atom stereocenters. The Morgan fingerprint density at radius 3 is 2.82 bits per heavy atom. The van der Waals surface area contributed by atoms with Crippen LogP contribution in [-0.4, -0.2) is 7.11 Å². The maximum atomic E-state index is 5.36. The third kappa shape index (κ3) is 3.60. The first-order valence-corrected chi connectivity index (χ1v) is 6.55. The number of rotatable bonds is 6. The molecule has 0 bridgehead atoms. The third-order valence-corrected chi connectivity index (χ3v) is 3.77. The second-order valence-electron chi connectivity index (χ2n) is 4.06. The fourth-order valence-electron chi connectivity index (χ4n) is 1.56.